The largest absolute Gasteiger partial charge is 0.390 e. The van der Waals surface area contributed by atoms with Gasteiger partial charge in [0.05, 0.1) is 5.60 Å². The van der Waals surface area contributed by atoms with Gasteiger partial charge < -0.3 is 5.11 Å². The Bertz CT molecular complexity index is 180. The highest BCUT2D eigenvalue weighted by Gasteiger charge is 2.43. The van der Waals surface area contributed by atoms with E-state index in [0.29, 0.717) is 5.92 Å². The number of fused-ring (bicyclic) bond motifs is 1. The van der Waals surface area contributed by atoms with E-state index in [1.807, 2.05) is 13.8 Å². The van der Waals surface area contributed by atoms with Crippen molar-refractivity contribution >= 4 is 0 Å². The maximum Gasteiger partial charge on any atom is 0.0622 e. The predicted molar refractivity (Wildman–Crippen MR) is 54.5 cm³/mol. The number of rotatable bonds is 1. The van der Waals surface area contributed by atoms with Gasteiger partial charge in [0, 0.05) is 0 Å². The summed E-state index contributed by atoms with van der Waals surface area (Å²) in [4.78, 5) is 0. The summed E-state index contributed by atoms with van der Waals surface area (Å²) in [6, 6.07) is 0. The molecule has 0 aromatic rings. The fourth-order valence-electron chi connectivity index (χ4n) is 3.61. The van der Waals surface area contributed by atoms with E-state index in [1.165, 1.54) is 38.5 Å². The van der Waals surface area contributed by atoms with Crippen LogP contribution in [0.5, 0.6) is 0 Å². The molecule has 0 heterocycles. The molecule has 2 fully saturated rings. The minimum absolute atomic E-state index is 0.434. The van der Waals surface area contributed by atoms with Crippen LogP contribution in [0.25, 0.3) is 0 Å². The predicted octanol–water partition coefficient (Wildman–Crippen LogP) is 2.97. The molecule has 0 bridgehead atoms. The van der Waals surface area contributed by atoms with Crippen LogP contribution in [-0.4, -0.2) is 10.7 Å². The van der Waals surface area contributed by atoms with Crippen molar-refractivity contribution in [1.82, 2.24) is 0 Å². The van der Waals surface area contributed by atoms with Crippen LogP contribution in [0.1, 0.15) is 52.4 Å². The molecular weight excluding hydrogens is 160 g/mol. The first-order valence-corrected chi connectivity index (χ1v) is 5.81. The Labute approximate surface area is 81.5 Å². The van der Waals surface area contributed by atoms with Crippen LogP contribution in [0.15, 0.2) is 0 Å². The maximum atomic E-state index is 10.1. The molecule has 13 heavy (non-hydrogen) atoms. The summed E-state index contributed by atoms with van der Waals surface area (Å²) in [7, 11) is 0. The first kappa shape index (κ1) is 9.51. The fourth-order valence-corrected chi connectivity index (χ4v) is 3.61. The van der Waals surface area contributed by atoms with Gasteiger partial charge in [0.15, 0.2) is 0 Å². The summed E-state index contributed by atoms with van der Waals surface area (Å²) < 4.78 is 0. The highest BCUT2D eigenvalue weighted by atomic mass is 16.3. The standard InChI is InChI=1S/C12H22O/c1-12(2,13)11-8-7-9-5-3-4-6-10(9)11/h9-11,13H,3-8H2,1-2H3. The van der Waals surface area contributed by atoms with Crippen molar-refractivity contribution in [1.29, 1.82) is 0 Å². The maximum absolute atomic E-state index is 10.1. The normalized spacial score (nSPS) is 40.4. The van der Waals surface area contributed by atoms with Crippen molar-refractivity contribution < 1.29 is 5.11 Å². The lowest BCUT2D eigenvalue weighted by atomic mass is 9.73. The molecular formula is C12H22O. The first-order valence-electron chi connectivity index (χ1n) is 5.81. The van der Waals surface area contributed by atoms with Gasteiger partial charge in [0.25, 0.3) is 0 Å². The van der Waals surface area contributed by atoms with Gasteiger partial charge in [-0.3, -0.25) is 0 Å². The van der Waals surface area contributed by atoms with Gasteiger partial charge in [-0.05, 0) is 50.9 Å². The quantitative estimate of drug-likeness (QED) is 0.661. The van der Waals surface area contributed by atoms with Crippen molar-refractivity contribution in [2.45, 2.75) is 58.0 Å². The van der Waals surface area contributed by atoms with Crippen LogP contribution in [0.4, 0.5) is 0 Å². The Morgan fingerprint density at radius 3 is 2.38 bits per heavy atom. The Morgan fingerprint density at radius 2 is 1.69 bits per heavy atom. The third kappa shape index (κ3) is 1.76. The molecule has 2 saturated carbocycles. The monoisotopic (exact) mass is 182 g/mol. The average molecular weight is 182 g/mol. The number of hydrogen-bond acceptors (Lipinski definition) is 1. The molecule has 3 unspecified atom stereocenters. The summed E-state index contributed by atoms with van der Waals surface area (Å²) >= 11 is 0. The smallest absolute Gasteiger partial charge is 0.0622 e. The molecule has 76 valence electrons. The van der Waals surface area contributed by atoms with Crippen LogP contribution < -0.4 is 0 Å². The molecule has 1 N–H and O–H groups in total. The zero-order chi connectivity index (χ0) is 9.47. The van der Waals surface area contributed by atoms with Crippen LogP contribution in [0.2, 0.25) is 0 Å². The van der Waals surface area contributed by atoms with Crippen molar-refractivity contribution in [3.8, 4) is 0 Å². The van der Waals surface area contributed by atoms with Crippen molar-refractivity contribution in [3.63, 3.8) is 0 Å². The average Bonchev–Trinajstić information content (AvgIpc) is 2.45. The van der Waals surface area contributed by atoms with Crippen molar-refractivity contribution in [3.05, 3.63) is 0 Å². The van der Waals surface area contributed by atoms with E-state index in [0.717, 1.165) is 11.8 Å². The van der Waals surface area contributed by atoms with E-state index in [2.05, 4.69) is 0 Å². The summed E-state index contributed by atoms with van der Waals surface area (Å²) in [6.07, 6.45) is 8.27. The summed E-state index contributed by atoms with van der Waals surface area (Å²) in [5, 5.41) is 10.1. The van der Waals surface area contributed by atoms with Crippen molar-refractivity contribution in [2.75, 3.05) is 0 Å². The Morgan fingerprint density at radius 1 is 1.00 bits per heavy atom. The zero-order valence-corrected chi connectivity index (χ0v) is 8.92. The van der Waals surface area contributed by atoms with Crippen LogP contribution in [0.3, 0.4) is 0 Å². The van der Waals surface area contributed by atoms with Gasteiger partial charge >= 0.3 is 0 Å². The lowest BCUT2D eigenvalue weighted by Crippen LogP contribution is -2.35. The molecule has 2 aliphatic carbocycles. The molecule has 1 nitrogen and oxygen atoms in total. The van der Waals surface area contributed by atoms with Gasteiger partial charge in [-0.1, -0.05) is 19.3 Å². The molecule has 1 heteroatoms. The van der Waals surface area contributed by atoms with Gasteiger partial charge in [0.2, 0.25) is 0 Å². The number of aliphatic hydroxyl groups is 1. The van der Waals surface area contributed by atoms with E-state index in [-0.39, 0.29) is 0 Å². The Hall–Kier alpha value is -0.0400. The highest BCUT2D eigenvalue weighted by molar-refractivity contribution is 4.94. The second-order valence-electron chi connectivity index (χ2n) is 5.55. The SMILES string of the molecule is CC(C)(O)C1CCC2CCCCC21. The molecule has 2 rings (SSSR count). The minimum atomic E-state index is -0.434. The molecule has 0 radical (unpaired) electrons. The Kier molecular flexibility index (Phi) is 2.39. The van der Waals surface area contributed by atoms with Gasteiger partial charge in [0.1, 0.15) is 0 Å². The summed E-state index contributed by atoms with van der Waals surface area (Å²) in [5.74, 6) is 2.37. The van der Waals surface area contributed by atoms with Crippen molar-refractivity contribution in [2.24, 2.45) is 17.8 Å². The van der Waals surface area contributed by atoms with Gasteiger partial charge in [-0.25, -0.2) is 0 Å². The molecule has 0 spiro atoms. The molecule has 2 aliphatic rings. The topological polar surface area (TPSA) is 20.2 Å². The number of hydrogen-bond donors (Lipinski definition) is 1. The van der Waals surface area contributed by atoms with Crippen LogP contribution in [-0.2, 0) is 0 Å². The second kappa shape index (κ2) is 3.27. The summed E-state index contributed by atoms with van der Waals surface area (Å²) in [6.45, 7) is 3.99. The first-order chi connectivity index (χ1) is 6.09. The third-order valence-corrected chi connectivity index (χ3v) is 4.24. The zero-order valence-electron chi connectivity index (χ0n) is 8.92. The van der Waals surface area contributed by atoms with Crippen LogP contribution in [0, 0.1) is 17.8 Å². The lowest BCUT2D eigenvalue weighted by Gasteiger charge is -2.35. The van der Waals surface area contributed by atoms with E-state index in [1.54, 1.807) is 0 Å². The van der Waals surface area contributed by atoms with E-state index < -0.39 is 5.60 Å². The van der Waals surface area contributed by atoms with E-state index >= 15 is 0 Å². The van der Waals surface area contributed by atoms with Crippen LogP contribution >= 0.6 is 0 Å². The lowest BCUT2D eigenvalue weighted by molar-refractivity contribution is -0.0110. The second-order valence-corrected chi connectivity index (χ2v) is 5.55. The molecule has 0 aromatic carbocycles. The molecule has 0 saturated heterocycles. The molecule has 3 atom stereocenters. The Balaban J connectivity index is 2.07. The minimum Gasteiger partial charge on any atom is -0.390 e. The fraction of sp³-hybridized carbons (Fsp3) is 1.00. The van der Waals surface area contributed by atoms with E-state index in [9.17, 15) is 5.11 Å². The molecule has 0 aromatic heterocycles. The van der Waals surface area contributed by atoms with E-state index in [4.69, 9.17) is 0 Å². The van der Waals surface area contributed by atoms with Gasteiger partial charge in [-0.15, -0.1) is 0 Å². The molecule has 0 aliphatic heterocycles. The van der Waals surface area contributed by atoms with Gasteiger partial charge in [-0.2, -0.15) is 0 Å². The highest BCUT2D eigenvalue weighted by Crippen LogP contribution is 2.49. The summed E-state index contributed by atoms with van der Waals surface area (Å²) in [5.41, 5.74) is -0.434. The molecule has 0 amide bonds. The third-order valence-electron chi connectivity index (χ3n) is 4.24.